The van der Waals surface area contributed by atoms with E-state index in [2.05, 4.69) is 48.8 Å². The largest absolute Gasteiger partial charge is 0.493 e. The predicted molar refractivity (Wildman–Crippen MR) is 195 cm³/mol. The van der Waals surface area contributed by atoms with Crippen molar-refractivity contribution in [3.8, 4) is 23.0 Å². The first kappa shape index (κ1) is 35.9. The Kier molecular flexibility index (Phi) is 11.3. The van der Waals surface area contributed by atoms with Crippen molar-refractivity contribution in [1.82, 2.24) is 4.57 Å². The second-order valence-corrected chi connectivity index (χ2v) is 13.4. The molecule has 1 aliphatic rings. The molecule has 0 saturated carbocycles. The lowest BCUT2D eigenvalue weighted by molar-refractivity contribution is -0.139. The minimum atomic E-state index is -0.833. The van der Waals surface area contributed by atoms with E-state index in [9.17, 15) is 9.59 Å². The third kappa shape index (κ3) is 7.47. The molecule has 0 amide bonds. The minimum Gasteiger partial charge on any atom is -0.493 e. The van der Waals surface area contributed by atoms with Crippen molar-refractivity contribution < 1.29 is 28.5 Å². The predicted octanol–water partition coefficient (Wildman–Crippen LogP) is 6.87. The summed E-state index contributed by atoms with van der Waals surface area (Å²) in [7, 11) is 1.55. The van der Waals surface area contributed by atoms with Crippen LogP contribution in [-0.4, -0.2) is 37.5 Å². The average molecular weight is 750 g/mol. The number of hydrogen-bond acceptors (Lipinski definition) is 9. The standard InChI is InChI=1S/C38H41BrN2O7S/c1-9-45-31-16-25(12-13-29(31)48-20-27-22(5)14-21(4)15-23(27)6)17-33-36(42)41-35(26-18-30(44-8)32(46-10-2)19-28(26)39)34(37(43)47-11-3)24(7)40-38(41)49-33/h12-19,35H,9-11,20H2,1-8H3/b33-17+/t35-/m0/s1. The third-order valence-electron chi connectivity index (χ3n) is 8.17. The summed E-state index contributed by atoms with van der Waals surface area (Å²) in [5.74, 6) is 1.65. The number of carbonyl (C=O) groups is 1. The molecule has 9 nitrogen and oxygen atoms in total. The normalized spacial score (nSPS) is 14.3. The van der Waals surface area contributed by atoms with E-state index in [0.29, 0.717) is 67.9 Å². The van der Waals surface area contributed by atoms with Crippen LogP contribution in [0.4, 0.5) is 0 Å². The Bertz CT molecular complexity index is 2090. The molecule has 2 heterocycles. The molecule has 1 aromatic heterocycles. The highest BCUT2D eigenvalue weighted by atomic mass is 79.9. The fraction of sp³-hybridized carbons (Fsp3) is 0.342. The first-order valence-electron chi connectivity index (χ1n) is 16.2. The van der Waals surface area contributed by atoms with Crippen LogP contribution >= 0.6 is 27.3 Å². The highest BCUT2D eigenvalue weighted by Crippen LogP contribution is 2.41. The van der Waals surface area contributed by atoms with Crippen LogP contribution in [0.3, 0.4) is 0 Å². The van der Waals surface area contributed by atoms with Crippen molar-refractivity contribution in [3.63, 3.8) is 0 Å². The van der Waals surface area contributed by atoms with Crippen LogP contribution in [0.5, 0.6) is 23.0 Å². The molecule has 0 bridgehead atoms. The fourth-order valence-electron chi connectivity index (χ4n) is 6.01. The van der Waals surface area contributed by atoms with Crippen molar-refractivity contribution >= 4 is 39.3 Å². The number of fused-ring (bicyclic) bond motifs is 1. The van der Waals surface area contributed by atoms with E-state index in [1.54, 1.807) is 43.7 Å². The van der Waals surface area contributed by atoms with Crippen LogP contribution in [0.1, 0.15) is 67.1 Å². The van der Waals surface area contributed by atoms with E-state index >= 15 is 0 Å². The Hall–Kier alpha value is -4.35. The van der Waals surface area contributed by atoms with Gasteiger partial charge in [-0.25, -0.2) is 9.79 Å². The summed E-state index contributed by atoms with van der Waals surface area (Å²) in [4.78, 5) is 32.9. The number of aromatic nitrogens is 1. The Morgan fingerprint density at radius 3 is 2.20 bits per heavy atom. The molecule has 4 aromatic rings. The van der Waals surface area contributed by atoms with Crippen molar-refractivity contribution in [2.24, 2.45) is 4.99 Å². The van der Waals surface area contributed by atoms with Gasteiger partial charge in [0.15, 0.2) is 27.8 Å². The van der Waals surface area contributed by atoms with Crippen molar-refractivity contribution in [1.29, 1.82) is 0 Å². The van der Waals surface area contributed by atoms with Gasteiger partial charge in [0, 0.05) is 4.47 Å². The molecule has 5 rings (SSSR count). The fourth-order valence-corrected chi connectivity index (χ4v) is 7.60. The summed E-state index contributed by atoms with van der Waals surface area (Å²) in [5.41, 5.74) is 6.54. The highest BCUT2D eigenvalue weighted by molar-refractivity contribution is 9.10. The topological polar surface area (TPSA) is 97.6 Å². The first-order chi connectivity index (χ1) is 23.5. The van der Waals surface area contributed by atoms with Gasteiger partial charge in [-0.1, -0.05) is 51.0 Å². The maximum atomic E-state index is 14.3. The van der Waals surface area contributed by atoms with Gasteiger partial charge in [0.2, 0.25) is 0 Å². The molecule has 0 saturated heterocycles. The van der Waals surface area contributed by atoms with Crippen molar-refractivity contribution in [2.75, 3.05) is 26.9 Å². The molecule has 0 aliphatic carbocycles. The number of thiazole rings is 1. The van der Waals surface area contributed by atoms with Crippen LogP contribution in [0.2, 0.25) is 0 Å². The third-order valence-corrected chi connectivity index (χ3v) is 9.84. The zero-order chi connectivity index (χ0) is 35.4. The molecule has 3 aromatic carbocycles. The van der Waals surface area contributed by atoms with Crippen LogP contribution in [0, 0.1) is 20.8 Å². The number of nitrogens with zero attached hydrogens (tertiary/aromatic N) is 2. The molecule has 49 heavy (non-hydrogen) atoms. The average Bonchev–Trinajstić information content (AvgIpc) is 3.35. The van der Waals surface area contributed by atoms with Gasteiger partial charge in [0.1, 0.15) is 6.61 Å². The van der Waals surface area contributed by atoms with Crippen LogP contribution in [0.15, 0.2) is 68.0 Å². The second kappa shape index (κ2) is 15.5. The molecule has 258 valence electrons. The number of halogens is 1. The summed E-state index contributed by atoms with van der Waals surface area (Å²) in [6.45, 7) is 15.0. The number of methoxy groups -OCH3 is 1. The number of esters is 1. The monoisotopic (exact) mass is 748 g/mol. The number of benzene rings is 3. The number of allylic oxidation sites excluding steroid dienone is 1. The van der Waals surface area contributed by atoms with Gasteiger partial charge in [-0.15, -0.1) is 0 Å². The molecular weight excluding hydrogens is 708 g/mol. The molecule has 0 spiro atoms. The van der Waals surface area contributed by atoms with Gasteiger partial charge in [0.05, 0.1) is 48.8 Å². The summed E-state index contributed by atoms with van der Waals surface area (Å²) >= 11 is 4.92. The van der Waals surface area contributed by atoms with Crippen LogP contribution in [-0.2, 0) is 16.1 Å². The Morgan fingerprint density at radius 1 is 0.898 bits per heavy atom. The maximum absolute atomic E-state index is 14.3. The number of carbonyl (C=O) groups excluding carboxylic acids is 1. The highest BCUT2D eigenvalue weighted by Gasteiger charge is 2.35. The van der Waals surface area contributed by atoms with Gasteiger partial charge in [0.25, 0.3) is 5.56 Å². The summed E-state index contributed by atoms with van der Waals surface area (Å²) in [5, 5.41) is 0. The Morgan fingerprint density at radius 2 is 1.57 bits per heavy atom. The lowest BCUT2D eigenvalue weighted by Gasteiger charge is -2.26. The van der Waals surface area contributed by atoms with E-state index in [1.807, 2.05) is 32.0 Å². The molecule has 0 N–H and O–H groups in total. The molecule has 0 radical (unpaired) electrons. The summed E-state index contributed by atoms with van der Waals surface area (Å²) in [6, 6.07) is 12.7. The van der Waals surface area contributed by atoms with Crippen LogP contribution in [0.25, 0.3) is 6.08 Å². The molecule has 0 fully saturated rings. The number of hydrogen-bond donors (Lipinski definition) is 0. The number of aryl methyl sites for hydroxylation is 3. The molecule has 11 heteroatoms. The van der Waals surface area contributed by atoms with Gasteiger partial charge >= 0.3 is 5.97 Å². The van der Waals surface area contributed by atoms with Gasteiger partial charge < -0.3 is 23.7 Å². The van der Waals surface area contributed by atoms with Crippen molar-refractivity contribution in [2.45, 2.75) is 61.1 Å². The molecule has 1 atom stereocenters. The van der Waals surface area contributed by atoms with E-state index in [-0.39, 0.29) is 17.7 Å². The summed E-state index contributed by atoms with van der Waals surface area (Å²) in [6.07, 6.45) is 1.80. The van der Waals surface area contributed by atoms with Gasteiger partial charge in [-0.3, -0.25) is 9.36 Å². The smallest absolute Gasteiger partial charge is 0.338 e. The van der Waals surface area contributed by atoms with E-state index in [4.69, 9.17) is 28.7 Å². The number of rotatable bonds is 12. The zero-order valence-electron chi connectivity index (χ0n) is 29.1. The number of ether oxygens (including phenoxy) is 5. The quantitative estimate of drug-likeness (QED) is 0.146. The van der Waals surface area contributed by atoms with Gasteiger partial charge in [-0.2, -0.15) is 0 Å². The van der Waals surface area contributed by atoms with Crippen LogP contribution < -0.4 is 33.8 Å². The summed E-state index contributed by atoms with van der Waals surface area (Å²) < 4.78 is 31.7. The SMILES string of the molecule is CCOC(=O)C1=C(C)N=c2s/c(=C/c3ccc(OCc4c(C)cc(C)cc4C)c(OCC)c3)c(=O)n2[C@H]1c1cc(OC)c(OCC)cc1Br. The van der Waals surface area contributed by atoms with Gasteiger partial charge in [-0.05, 0) is 107 Å². The first-order valence-corrected chi connectivity index (χ1v) is 17.8. The Labute approximate surface area is 298 Å². The molecular formula is C38H41BrN2O7S. The lowest BCUT2D eigenvalue weighted by atomic mass is 9.95. The van der Waals surface area contributed by atoms with Crippen molar-refractivity contribution in [3.05, 3.63) is 111 Å². The van der Waals surface area contributed by atoms with E-state index in [1.165, 1.54) is 28.0 Å². The lowest BCUT2D eigenvalue weighted by Crippen LogP contribution is -2.40. The second-order valence-electron chi connectivity index (χ2n) is 11.6. The van der Waals surface area contributed by atoms with E-state index < -0.39 is 12.0 Å². The minimum absolute atomic E-state index is 0.173. The zero-order valence-corrected chi connectivity index (χ0v) is 31.5. The maximum Gasteiger partial charge on any atom is 0.338 e. The molecule has 0 unspecified atom stereocenters. The Balaban J connectivity index is 1.60. The molecule has 1 aliphatic heterocycles. The van der Waals surface area contributed by atoms with E-state index in [0.717, 1.165) is 11.1 Å².